The van der Waals surface area contributed by atoms with E-state index >= 15 is 0 Å². The molecular formula is C11H24O2. The molecule has 0 saturated carbocycles. The molecule has 0 aromatic heterocycles. The summed E-state index contributed by atoms with van der Waals surface area (Å²) in [6, 6.07) is 0. The molecule has 0 bridgehead atoms. The minimum atomic E-state index is 0.242. The summed E-state index contributed by atoms with van der Waals surface area (Å²) in [6.07, 6.45) is 2.26. The third kappa shape index (κ3) is 4.63. The monoisotopic (exact) mass is 188 g/mol. The van der Waals surface area contributed by atoms with E-state index in [1.54, 1.807) is 0 Å². The van der Waals surface area contributed by atoms with Crippen molar-refractivity contribution in [1.82, 2.24) is 0 Å². The molecular weight excluding hydrogens is 164 g/mol. The predicted molar refractivity (Wildman–Crippen MR) is 56.0 cm³/mol. The molecule has 0 fully saturated rings. The summed E-state index contributed by atoms with van der Waals surface area (Å²) >= 11 is 0. The molecule has 80 valence electrons. The van der Waals surface area contributed by atoms with Gasteiger partial charge in [-0.3, -0.25) is 0 Å². The van der Waals surface area contributed by atoms with Gasteiger partial charge in [0.2, 0.25) is 0 Å². The van der Waals surface area contributed by atoms with Crippen molar-refractivity contribution in [3.8, 4) is 0 Å². The van der Waals surface area contributed by atoms with Gasteiger partial charge in [-0.25, -0.2) is 0 Å². The predicted octanol–water partition coefficient (Wildman–Crippen LogP) is 2.87. The summed E-state index contributed by atoms with van der Waals surface area (Å²) in [6.45, 7) is 11.8. The Bertz CT molecular complexity index is 98.7. The Labute approximate surface area is 82.6 Å². The van der Waals surface area contributed by atoms with Crippen LogP contribution in [0.5, 0.6) is 0 Å². The molecule has 0 rings (SSSR count). The SMILES string of the molecule is CCOCC(CC)(CC)COCC. The number of ether oxygens (including phenoxy) is 2. The van der Waals surface area contributed by atoms with Crippen LogP contribution in [0.2, 0.25) is 0 Å². The number of rotatable bonds is 8. The molecule has 13 heavy (non-hydrogen) atoms. The summed E-state index contributed by atoms with van der Waals surface area (Å²) in [7, 11) is 0. The first-order chi connectivity index (χ1) is 6.24. The van der Waals surface area contributed by atoms with Crippen LogP contribution in [0.1, 0.15) is 40.5 Å². The summed E-state index contributed by atoms with van der Waals surface area (Å²) in [5, 5.41) is 0. The van der Waals surface area contributed by atoms with Gasteiger partial charge in [-0.1, -0.05) is 13.8 Å². The number of hydrogen-bond donors (Lipinski definition) is 0. The van der Waals surface area contributed by atoms with E-state index in [-0.39, 0.29) is 5.41 Å². The lowest BCUT2D eigenvalue weighted by molar-refractivity contribution is -0.0212. The Morgan fingerprint density at radius 1 is 0.769 bits per heavy atom. The van der Waals surface area contributed by atoms with E-state index in [4.69, 9.17) is 9.47 Å². The molecule has 0 spiro atoms. The van der Waals surface area contributed by atoms with Crippen LogP contribution in [-0.4, -0.2) is 26.4 Å². The summed E-state index contributed by atoms with van der Waals surface area (Å²) < 4.78 is 11.0. The quantitative estimate of drug-likeness (QED) is 0.583. The highest BCUT2D eigenvalue weighted by molar-refractivity contribution is 4.75. The topological polar surface area (TPSA) is 18.5 Å². The van der Waals surface area contributed by atoms with Crippen LogP contribution in [0.4, 0.5) is 0 Å². The van der Waals surface area contributed by atoms with Gasteiger partial charge in [-0.15, -0.1) is 0 Å². The van der Waals surface area contributed by atoms with Crippen molar-refractivity contribution in [2.75, 3.05) is 26.4 Å². The van der Waals surface area contributed by atoms with Crippen LogP contribution in [0.3, 0.4) is 0 Å². The molecule has 0 aromatic rings. The van der Waals surface area contributed by atoms with E-state index in [2.05, 4.69) is 13.8 Å². The van der Waals surface area contributed by atoms with Gasteiger partial charge in [0.05, 0.1) is 13.2 Å². The average molecular weight is 188 g/mol. The fourth-order valence-electron chi connectivity index (χ4n) is 1.34. The maximum absolute atomic E-state index is 5.50. The largest absolute Gasteiger partial charge is 0.381 e. The molecule has 0 atom stereocenters. The first-order valence-electron chi connectivity index (χ1n) is 5.40. The fraction of sp³-hybridized carbons (Fsp3) is 1.00. The van der Waals surface area contributed by atoms with Crippen LogP contribution in [0.25, 0.3) is 0 Å². The second-order valence-electron chi connectivity index (χ2n) is 3.48. The third-order valence-corrected chi connectivity index (χ3v) is 2.72. The summed E-state index contributed by atoms with van der Waals surface area (Å²) in [4.78, 5) is 0. The Morgan fingerprint density at radius 2 is 1.15 bits per heavy atom. The normalized spacial score (nSPS) is 12.0. The third-order valence-electron chi connectivity index (χ3n) is 2.72. The minimum absolute atomic E-state index is 0.242. The second kappa shape index (κ2) is 7.34. The lowest BCUT2D eigenvalue weighted by Gasteiger charge is -2.30. The van der Waals surface area contributed by atoms with E-state index in [9.17, 15) is 0 Å². The van der Waals surface area contributed by atoms with Gasteiger partial charge in [0.15, 0.2) is 0 Å². The van der Waals surface area contributed by atoms with Crippen molar-refractivity contribution in [1.29, 1.82) is 0 Å². The van der Waals surface area contributed by atoms with E-state index in [0.29, 0.717) is 0 Å². The highest BCUT2D eigenvalue weighted by Gasteiger charge is 2.26. The fourth-order valence-corrected chi connectivity index (χ4v) is 1.34. The zero-order valence-corrected chi connectivity index (χ0v) is 9.56. The molecule has 2 nitrogen and oxygen atoms in total. The van der Waals surface area contributed by atoms with Crippen molar-refractivity contribution >= 4 is 0 Å². The van der Waals surface area contributed by atoms with Crippen LogP contribution in [0, 0.1) is 5.41 Å². The Balaban J connectivity index is 3.97. The Morgan fingerprint density at radius 3 is 1.38 bits per heavy atom. The first kappa shape index (κ1) is 12.9. The summed E-state index contributed by atoms with van der Waals surface area (Å²) in [5.41, 5.74) is 0.242. The van der Waals surface area contributed by atoms with E-state index in [1.807, 2.05) is 13.8 Å². The van der Waals surface area contributed by atoms with Gasteiger partial charge in [0.1, 0.15) is 0 Å². The minimum Gasteiger partial charge on any atom is -0.381 e. The second-order valence-corrected chi connectivity index (χ2v) is 3.48. The molecule has 0 heterocycles. The maximum atomic E-state index is 5.50. The van der Waals surface area contributed by atoms with Crippen molar-refractivity contribution in [3.63, 3.8) is 0 Å². The molecule has 2 heteroatoms. The van der Waals surface area contributed by atoms with Crippen molar-refractivity contribution < 1.29 is 9.47 Å². The maximum Gasteiger partial charge on any atom is 0.0544 e. The first-order valence-corrected chi connectivity index (χ1v) is 5.40. The highest BCUT2D eigenvalue weighted by Crippen LogP contribution is 2.27. The van der Waals surface area contributed by atoms with Crippen molar-refractivity contribution in [2.45, 2.75) is 40.5 Å². The number of hydrogen-bond acceptors (Lipinski definition) is 2. The van der Waals surface area contributed by atoms with Gasteiger partial charge in [0.25, 0.3) is 0 Å². The van der Waals surface area contributed by atoms with Crippen molar-refractivity contribution in [3.05, 3.63) is 0 Å². The van der Waals surface area contributed by atoms with Gasteiger partial charge in [-0.2, -0.15) is 0 Å². The lowest BCUT2D eigenvalue weighted by Crippen LogP contribution is -2.31. The van der Waals surface area contributed by atoms with Gasteiger partial charge < -0.3 is 9.47 Å². The molecule has 0 aliphatic heterocycles. The highest BCUT2D eigenvalue weighted by atomic mass is 16.5. The van der Waals surface area contributed by atoms with Crippen molar-refractivity contribution in [2.24, 2.45) is 5.41 Å². The smallest absolute Gasteiger partial charge is 0.0544 e. The molecule has 0 saturated heterocycles. The average Bonchev–Trinajstić information content (AvgIpc) is 2.20. The molecule has 0 unspecified atom stereocenters. The Hall–Kier alpha value is -0.0800. The van der Waals surface area contributed by atoms with Gasteiger partial charge >= 0.3 is 0 Å². The van der Waals surface area contributed by atoms with Gasteiger partial charge in [0, 0.05) is 18.6 Å². The van der Waals surface area contributed by atoms with E-state index in [0.717, 1.165) is 39.3 Å². The molecule has 0 aliphatic rings. The van der Waals surface area contributed by atoms with Crippen LogP contribution < -0.4 is 0 Å². The van der Waals surface area contributed by atoms with Crippen LogP contribution in [0.15, 0.2) is 0 Å². The van der Waals surface area contributed by atoms with Gasteiger partial charge in [-0.05, 0) is 26.7 Å². The molecule has 0 aromatic carbocycles. The Kier molecular flexibility index (Phi) is 7.29. The van der Waals surface area contributed by atoms with E-state index < -0.39 is 0 Å². The molecule has 0 amide bonds. The standard InChI is InChI=1S/C11H24O2/c1-5-11(6-2,9-12-7-3)10-13-8-4/h5-10H2,1-4H3. The van der Waals surface area contributed by atoms with Crippen LogP contribution >= 0.6 is 0 Å². The molecule has 0 aliphatic carbocycles. The lowest BCUT2D eigenvalue weighted by atomic mass is 9.84. The molecule has 0 N–H and O–H groups in total. The van der Waals surface area contributed by atoms with Crippen LogP contribution in [-0.2, 0) is 9.47 Å². The zero-order valence-electron chi connectivity index (χ0n) is 9.56. The zero-order chi connectivity index (χ0) is 10.2. The summed E-state index contributed by atoms with van der Waals surface area (Å²) in [5.74, 6) is 0. The molecule has 0 radical (unpaired) electrons. The van der Waals surface area contributed by atoms with E-state index in [1.165, 1.54) is 0 Å².